The Bertz CT molecular complexity index is 762. The molecule has 0 radical (unpaired) electrons. The standard InChI is InChI=1S/C14H15BrN4O5/c1-3-23-14(21)12-11(17-19-18-12)7-4-8(15)13(9(5-7)22-2)24-6-10(16)20/h4-5H,3,6H2,1-2H3,(H2,16,20)(H,17,18,19). The number of nitrogens with zero attached hydrogens (tertiary/aromatic N) is 2. The summed E-state index contributed by atoms with van der Waals surface area (Å²) in [7, 11) is 1.44. The van der Waals surface area contributed by atoms with Crippen molar-refractivity contribution in [3.63, 3.8) is 0 Å². The normalized spacial score (nSPS) is 10.3. The zero-order valence-electron chi connectivity index (χ0n) is 13.0. The smallest absolute Gasteiger partial charge is 0.361 e. The minimum atomic E-state index is -0.617. The lowest BCUT2D eigenvalue weighted by Gasteiger charge is -2.13. The zero-order valence-corrected chi connectivity index (χ0v) is 14.5. The number of benzene rings is 1. The molecule has 2 rings (SSSR count). The van der Waals surface area contributed by atoms with Crippen molar-refractivity contribution in [3.8, 4) is 22.8 Å². The molecule has 128 valence electrons. The van der Waals surface area contributed by atoms with E-state index in [4.69, 9.17) is 19.9 Å². The number of aromatic nitrogens is 3. The second kappa shape index (κ2) is 7.77. The molecule has 0 spiro atoms. The van der Waals surface area contributed by atoms with Crippen LogP contribution < -0.4 is 15.2 Å². The molecular formula is C14H15BrN4O5. The number of aromatic amines is 1. The SMILES string of the molecule is CCOC(=O)c1n[nH]nc1-c1cc(Br)c(OCC(N)=O)c(OC)c1. The van der Waals surface area contributed by atoms with Crippen molar-refractivity contribution in [2.75, 3.05) is 20.3 Å². The molecule has 0 saturated carbocycles. The van der Waals surface area contributed by atoms with Gasteiger partial charge >= 0.3 is 5.97 Å². The molecule has 10 heteroatoms. The molecule has 1 aromatic heterocycles. The number of nitrogens with one attached hydrogen (secondary N) is 1. The molecule has 1 amide bonds. The van der Waals surface area contributed by atoms with Gasteiger partial charge in [0.15, 0.2) is 23.8 Å². The van der Waals surface area contributed by atoms with Gasteiger partial charge in [-0.2, -0.15) is 10.3 Å². The second-order valence-corrected chi connectivity index (χ2v) is 5.34. The fourth-order valence-corrected chi connectivity index (χ4v) is 2.47. The van der Waals surface area contributed by atoms with Crippen LogP contribution in [0.3, 0.4) is 0 Å². The van der Waals surface area contributed by atoms with Crippen LogP contribution in [0, 0.1) is 0 Å². The molecule has 9 nitrogen and oxygen atoms in total. The fraction of sp³-hybridized carbons (Fsp3) is 0.286. The molecule has 0 saturated heterocycles. The molecule has 0 unspecified atom stereocenters. The lowest BCUT2D eigenvalue weighted by atomic mass is 10.1. The Hall–Kier alpha value is -2.62. The monoisotopic (exact) mass is 398 g/mol. The first-order valence-electron chi connectivity index (χ1n) is 6.84. The van der Waals surface area contributed by atoms with E-state index in [1.54, 1.807) is 19.1 Å². The van der Waals surface area contributed by atoms with Gasteiger partial charge in [0.25, 0.3) is 5.91 Å². The van der Waals surface area contributed by atoms with E-state index < -0.39 is 11.9 Å². The number of esters is 1. The molecule has 1 aromatic carbocycles. The number of rotatable bonds is 7. The van der Waals surface area contributed by atoms with Gasteiger partial charge in [0, 0.05) is 5.56 Å². The second-order valence-electron chi connectivity index (χ2n) is 4.49. The highest BCUT2D eigenvalue weighted by atomic mass is 79.9. The number of amides is 1. The number of nitrogens with two attached hydrogens (primary N) is 1. The quantitative estimate of drug-likeness (QED) is 0.671. The summed E-state index contributed by atoms with van der Waals surface area (Å²) in [5.41, 5.74) is 5.97. The van der Waals surface area contributed by atoms with Gasteiger partial charge in [-0.1, -0.05) is 0 Å². The lowest BCUT2D eigenvalue weighted by Crippen LogP contribution is -2.20. The molecule has 0 aliphatic rings. The molecule has 24 heavy (non-hydrogen) atoms. The van der Waals surface area contributed by atoms with Crippen molar-refractivity contribution in [1.29, 1.82) is 0 Å². The maximum atomic E-state index is 11.9. The fourth-order valence-electron chi connectivity index (χ4n) is 1.91. The third-order valence-electron chi connectivity index (χ3n) is 2.88. The van der Waals surface area contributed by atoms with Crippen molar-refractivity contribution < 1.29 is 23.8 Å². The maximum absolute atomic E-state index is 11.9. The average molecular weight is 399 g/mol. The Kier molecular flexibility index (Phi) is 5.74. The highest BCUT2D eigenvalue weighted by Crippen LogP contribution is 2.39. The van der Waals surface area contributed by atoms with Crippen LogP contribution in [0.15, 0.2) is 16.6 Å². The highest BCUT2D eigenvalue weighted by molar-refractivity contribution is 9.10. The van der Waals surface area contributed by atoms with Crippen molar-refractivity contribution >= 4 is 27.8 Å². The lowest BCUT2D eigenvalue weighted by molar-refractivity contribution is -0.119. The van der Waals surface area contributed by atoms with E-state index in [1.165, 1.54) is 7.11 Å². The first-order valence-corrected chi connectivity index (χ1v) is 7.64. The number of halogens is 1. The predicted octanol–water partition coefficient (Wildman–Crippen LogP) is 1.28. The summed E-state index contributed by atoms with van der Waals surface area (Å²) in [6.07, 6.45) is 0. The van der Waals surface area contributed by atoms with E-state index >= 15 is 0 Å². The minimum Gasteiger partial charge on any atom is -0.493 e. The van der Waals surface area contributed by atoms with Crippen molar-refractivity contribution in [1.82, 2.24) is 15.4 Å². The van der Waals surface area contributed by atoms with E-state index in [9.17, 15) is 9.59 Å². The Labute approximate surface area is 145 Å². The molecule has 3 N–H and O–H groups in total. The van der Waals surface area contributed by atoms with Gasteiger partial charge in [-0.25, -0.2) is 4.79 Å². The Morgan fingerprint density at radius 3 is 2.71 bits per heavy atom. The number of carbonyl (C=O) groups excluding carboxylic acids is 2. The van der Waals surface area contributed by atoms with E-state index in [1.807, 2.05) is 0 Å². The van der Waals surface area contributed by atoms with Crippen molar-refractivity contribution in [2.24, 2.45) is 5.73 Å². The van der Waals surface area contributed by atoms with Crippen LogP contribution in [-0.2, 0) is 9.53 Å². The summed E-state index contributed by atoms with van der Waals surface area (Å²) in [6, 6.07) is 3.25. The van der Waals surface area contributed by atoms with E-state index in [0.717, 1.165) is 0 Å². The van der Waals surface area contributed by atoms with Gasteiger partial charge in [-0.3, -0.25) is 4.79 Å². The number of carbonyl (C=O) groups is 2. The molecule has 0 aliphatic carbocycles. The third-order valence-corrected chi connectivity index (χ3v) is 3.47. The topological polar surface area (TPSA) is 129 Å². The minimum absolute atomic E-state index is 0.0524. The van der Waals surface area contributed by atoms with Gasteiger partial charge in [0.2, 0.25) is 0 Å². The van der Waals surface area contributed by atoms with E-state index in [2.05, 4.69) is 31.3 Å². The maximum Gasteiger partial charge on any atom is 0.361 e. The number of hydrogen-bond donors (Lipinski definition) is 2. The van der Waals surface area contributed by atoms with Gasteiger partial charge in [-0.05, 0) is 35.0 Å². The average Bonchev–Trinajstić information content (AvgIpc) is 3.02. The molecule has 0 fully saturated rings. The summed E-state index contributed by atoms with van der Waals surface area (Å²) in [5, 5.41) is 10.2. The van der Waals surface area contributed by atoms with Gasteiger partial charge in [-0.15, -0.1) is 5.10 Å². The van der Waals surface area contributed by atoms with Gasteiger partial charge < -0.3 is 19.9 Å². The first-order chi connectivity index (χ1) is 11.5. The van der Waals surface area contributed by atoms with Crippen molar-refractivity contribution in [3.05, 3.63) is 22.3 Å². The summed E-state index contributed by atoms with van der Waals surface area (Å²) < 4.78 is 16.0. The Morgan fingerprint density at radius 2 is 2.08 bits per heavy atom. The van der Waals surface area contributed by atoms with E-state index in [-0.39, 0.29) is 18.9 Å². The van der Waals surface area contributed by atoms with E-state index in [0.29, 0.717) is 27.2 Å². The van der Waals surface area contributed by atoms with Crippen molar-refractivity contribution in [2.45, 2.75) is 6.92 Å². The number of H-pyrrole nitrogens is 1. The first kappa shape index (κ1) is 17.7. The zero-order chi connectivity index (χ0) is 17.7. The number of ether oxygens (including phenoxy) is 3. The molecule has 2 aromatic rings. The highest BCUT2D eigenvalue weighted by Gasteiger charge is 2.22. The Morgan fingerprint density at radius 1 is 1.33 bits per heavy atom. The van der Waals surface area contributed by atoms with Crippen LogP contribution >= 0.6 is 15.9 Å². The van der Waals surface area contributed by atoms with Gasteiger partial charge in [0.1, 0.15) is 5.69 Å². The predicted molar refractivity (Wildman–Crippen MR) is 86.7 cm³/mol. The largest absolute Gasteiger partial charge is 0.493 e. The summed E-state index contributed by atoms with van der Waals surface area (Å²) in [5.74, 6) is -0.570. The van der Waals surface area contributed by atoms with Crippen LogP contribution in [0.5, 0.6) is 11.5 Å². The molecule has 0 aliphatic heterocycles. The van der Waals surface area contributed by atoms with Crippen LogP contribution in [0.1, 0.15) is 17.4 Å². The summed E-state index contributed by atoms with van der Waals surface area (Å²) >= 11 is 3.34. The summed E-state index contributed by atoms with van der Waals surface area (Å²) in [6.45, 7) is 1.62. The molecule has 0 atom stereocenters. The Balaban J connectivity index is 2.43. The van der Waals surface area contributed by atoms with Crippen LogP contribution in [0.2, 0.25) is 0 Å². The van der Waals surface area contributed by atoms with Crippen LogP contribution in [0.25, 0.3) is 11.3 Å². The third kappa shape index (κ3) is 3.82. The number of hydrogen-bond acceptors (Lipinski definition) is 7. The van der Waals surface area contributed by atoms with Gasteiger partial charge in [0.05, 0.1) is 18.2 Å². The van der Waals surface area contributed by atoms with Crippen LogP contribution in [-0.4, -0.2) is 47.6 Å². The van der Waals surface area contributed by atoms with Crippen LogP contribution in [0.4, 0.5) is 0 Å². The molecule has 0 bridgehead atoms. The molecule has 1 heterocycles. The number of primary amides is 1. The number of methoxy groups -OCH3 is 1. The molecular weight excluding hydrogens is 384 g/mol. The summed E-state index contributed by atoms with van der Waals surface area (Å²) in [4.78, 5) is 22.8.